The standard InChI is InChI=1S/C29H23N3O3S3/c1-35-22-13-9-20(10-14-22)27(33)30-21-11-15-23(16-12-21)38-26(19-6-3-2-4-7-19)28(34)32-29-31-24(18-37-29)25-8-5-17-36-25/h2-18,26H,1H3,(H,30,33)(H,31,32,34). The van der Waals surface area contributed by atoms with E-state index in [0.29, 0.717) is 22.1 Å². The zero-order valence-corrected chi connectivity index (χ0v) is 22.7. The average Bonchev–Trinajstić information content (AvgIpc) is 3.66. The van der Waals surface area contributed by atoms with Crippen molar-refractivity contribution in [3.63, 3.8) is 0 Å². The molecule has 6 nitrogen and oxygen atoms in total. The van der Waals surface area contributed by atoms with Crippen LogP contribution in [0.4, 0.5) is 10.8 Å². The predicted octanol–water partition coefficient (Wildman–Crippen LogP) is 7.60. The minimum atomic E-state index is -0.481. The number of anilines is 2. The highest BCUT2D eigenvalue weighted by Crippen LogP contribution is 2.37. The van der Waals surface area contributed by atoms with Gasteiger partial charge in [-0.1, -0.05) is 36.4 Å². The van der Waals surface area contributed by atoms with Crippen LogP contribution in [0.5, 0.6) is 5.75 Å². The Kier molecular flexibility index (Phi) is 8.18. The zero-order chi connectivity index (χ0) is 26.3. The molecule has 2 heterocycles. The highest BCUT2D eigenvalue weighted by atomic mass is 32.2. The number of thiophene rings is 1. The molecule has 0 radical (unpaired) electrons. The second kappa shape index (κ2) is 12.1. The van der Waals surface area contributed by atoms with Crippen molar-refractivity contribution in [2.75, 3.05) is 17.7 Å². The molecule has 1 unspecified atom stereocenters. The lowest BCUT2D eigenvalue weighted by atomic mass is 10.1. The summed E-state index contributed by atoms with van der Waals surface area (Å²) in [7, 11) is 1.59. The molecule has 0 aliphatic rings. The Hall–Kier alpha value is -3.92. The molecule has 2 aromatic heterocycles. The second-order valence-electron chi connectivity index (χ2n) is 8.12. The van der Waals surface area contributed by atoms with E-state index in [1.165, 1.54) is 23.1 Å². The van der Waals surface area contributed by atoms with Crippen LogP contribution in [-0.2, 0) is 4.79 Å². The number of rotatable bonds is 9. The molecule has 0 aliphatic heterocycles. The van der Waals surface area contributed by atoms with E-state index < -0.39 is 5.25 Å². The SMILES string of the molecule is COc1ccc(C(=O)Nc2ccc(SC(C(=O)Nc3nc(-c4cccs4)cs3)c3ccccc3)cc2)cc1. The third-order valence-corrected chi connectivity index (χ3v) is 8.48. The lowest BCUT2D eigenvalue weighted by molar-refractivity contribution is -0.115. The van der Waals surface area contributed by atoms with Crippen LogP contribution in [0.25, 0.3) is 10.6 Å². The molecule has 0 bridgehead atoms. The van der Waals surface area contributed by atoms with Crippen molar-refractivity contribution in [1.29, 1.82) is 0 Å². The summed E-state index contributed by atoms with van der Waals surface area (Å²) in [4.78, 5) is 32.5. The Morgan fingerprint density at radius 3 is 2.32 bits per heavy atom. The summed E-state index contributed by atoms with van der Waals surface area (Å²) in [5.41, 5.74) is 2.95. The second-order valence-corrected chi connectivity index (χ2v) is 11.1. The lowest BCUT2D eigenvalue weighted by Crippen LogP contribution is -2.19. The topological polar surface area (TPSA) is 80.3 Å². The van der Waals surface area contributed by atoms with E-state index in [9.17, 15) is 9.59 Å². The number of carbonyl (C=O) groups is 2. The van der Waals surface area contributed by atoms with Gasteiger partial charge in [-0.2, -0.15) is 0 Å². The first-order valence-electron chi connectivity index (χ1n) is 11.7. The van der Waals surface area contributed by atoms with Crippen LogP contribution in [0.3, 0.4) is 0 Å². The number of benzene rings is 3. The van der Waals surface area contributed by atoms with Crippen molar-refractivity contribution >= 4 is 57.1 Å². The molecular formula is C29H23N3O3S3. The van der Waals surface area contributed by atoms with Gasteiger partial charge in [0, 0.05) is 21.5 Å². The number of carbonyl (C=O) groups excluding carboxylic acids is 2. The number of hydrogen-bond donors (Lipinski definition) is 2. The molecule has 38 heavy (non-hydrogen) atoms. The number of hydrogen-bond acceptors (Lipinski definition) is 7. The lowest BCUT2D eigenvalue weighted by Gasteiger charge is -2.16. The van der Waals surface area contributed by atoms with Gasteiger partial charge in [-0.25, -0.2) is 4.98 Å². The highest BCUT2D eigenvalue weighted by Gasteiger charge is 2.23. The first kappa shape index (κ1) is 25.7. The summed E-state index contributed by atoms with van der Waals surface area (Å²) in [5.74, 6) is 0.336. The van der Waals surface area contributed by atoms with E-state index >= 15 is 0 Å². The van der Waals surface area contributed by atoms with E-state index in [4.69, 9.17) is 4.74 Å². The maximum atomic E-state index is 13.4. The molecule has 5 aromatic rings. The highest BCUT2D eigenvalue weighted by molar-refractivity contribution is 8.00. The molecule has 0 aliphatic carbocycles. The number of amides is 2. The Morgan fingerprint density at radius 2 is 1.63 bits per heavy atom. The van der Waals surface area contributed by atoms with Crippen molar-refractivity contribution in [2.45, 2.75) is 10.1 Å². The zero-order valence-electron chi connectivity index (χ0n) is 20.3. The molecule has 3 aromatic carbocycles. The Bertz CT molecular complexity index is 1500. The fourth-order valence-electron chi connectivity index (χ4n) is 3.64. The van der Waals surface area contributed by atoms with Crippen molar-refractivity contribution in [3.05, 3.63) is 113 Å². The molecule has 5 rings (SSSR count). The van der Waals surface area contributed by atoms with Crippen molar-refractivity contribution in [3.8, 4) is 16.3 Å². The van der Waals surface area contributed by atoms with Crippen LogP contribution in [-0.4, -0.2) is 23.9 Å². The van der Waals surface area contributed by atoms with E-state index in [1.807, 2.05) is 77.5 Å². The van der Waals surface area contributed by atoms with Crippen molar-refractivity contribution in [1.82, 2.24) is 4.98 Å². The minimum absolute atomic E-state index is 0.148. The van der Waals surface area contributed by atoms with Crippen LogP contribution in [0.2, 0.25) is 0 Å². The van der Waals surface area contributed by atoms with Gasteiger partial charge < -0.3 is 15.4 Å². The van der Waals surface area contributed by atoms with Gasteiger partial charge in [0.15, 0.2) is 5.13 Å². The van der Waals surface area contributed by atoms with Gasteiger partial charge in [-0.15, -0.1) is 34.4 Å². The molecule has 2 N–H and O–H groups in total. The molecule has 190 valence electrons. The molecule has 2 amide bonds. The molecule has 0 spiro atoms. The van der Waals surface area contributed by atoms with E-state index in [2.05, 4.69) is 15.6 Å². The monoisotopic (exact) mass is 557 g/mol. The van der Waals surface area contributed by atoms with Crippen LogP contribution in [0.1, 0.15) is 21.2 Å². The number of nitrogens with zero attached hydrogens (tertiary/aromatic N) is 1. The van der Waals surface area contributed by atoms with Gasteiger partial charge >= 0.3 is 0 Å². The smallest absolute Gasteiger partial charge is 0.255 e. The summed E-state index contributed by atoms with van der Waals surface area (Å²) >= 11 is 4.47. The summed E-state index contributed by atoms with van der Waals surface area (Å²) in [6, 6.07) is 28.0. The van der Waals surface area contributed by atoms with Gasteiger partial charge in [0.25, 0.3) is 5.91 Å². The fraction of sp³-hybridized carbons (Fsp3) is 0.0690. The Morgan fingerprint density at radius 1 is 0.868 bits per heavy atom. The maximum Gasteiger partial charge on any atom is 0.255 e. The van der Waals surface area contributed by atoms with E-state index in [1.54, 1.807) is 42.7 Å². The average molecular weight is 558 g/mol. The van der Waals surface area contributed by atoms with Gasteiger partial charge in [-0.05, 0) is 65.5 Å². The van der Waals surface area contributed by atoms with Crippen molar-refractivity contribution in [2.24, 2.45) is 0 Å². The van der Waals surface area contributed by atoms with Crippen LogP contribution in [0.15, 0.2) is 107 Å². The minimum Gasteiger partial charge on any atom is -0.497 e. The number of ether oxygens (including phenoxy) is 1. The third kappa shape index (κ3) is 6.31. The summed E-state index contributed by atoms with van der Waals surface area (Å²) in [6.07, 6.45) is 0. The fourth-order valence-corrected chi connectivity index (χ4v) is 6.14. The Labute approximate surface area is 232 Å². The molecule has 0 saturated heterocycles. The Balaban J connectivity index is 1.28. The van der Waals surface area contributed by atoms with Gasteiger partial charge in [-0.3, -0.25) is 9.59 Å². The van der Waals surface area contributed by atoms with Crippen LogP contribution in [0, 0.1) is 0 Å². The van der Waals surface area contributed by atoms with E-state index in [-0.39, 0.29) is 11.8 Å². The molecule has 0 fully saturated rings. The summed E-state index contributed by atoms with van der Waals surface area (Å²) in [5, 5.41) is 9.94. The number of aromatic nitrogens is 1. The molecular weight excluding hydrogens is 535 g/mol. The molecule has 0 saturated carbocycles. The maximum absolute atomic E-state index is 13.4. The first-order chi connectivity index (χ1) is 18.6. The largest absolute Gasteiger partial charge is 0.497 e. The number of methoxy groups -OCH3 is 1. The molecule has 9 heteroatoms. The quantitative estimate of drug-likeness (QED) is 0.182. The number of thiazole rings is 1. The van der Waals surface area contributed by atoms with Crippen LogP contribution >= 0.6 is 34.4 Å². The normalized spacial score (nSPS) is 11.5. The van der Waals surface area contributed by atoms with E-state index in [0.717, 1.165) is 21.0 Å². The first-order valence-corrected chi connectivity index (χ1v) is 14.3. The van der Waals surface area contributed by atoms with Gasteiger partial charge in [0.05, 0.1) is 17.7 Å². The molecule has 1 atom stereocenters. The summed E-state index contributed by atoms with van der Waals surface area (Å²) in [6.45, 7) is 0. The van der Waals surface area contributed by atoms with Crippen molar-refractivity contribution < 1.29 is 14.3 Å². The summed E-state index contributed by atoms with van der Waals surface area (Å²) < 4.78 is 5.15. The number of thioether (sulfide) groups is 1. The predicted molar refractivity (Wildman–Crippen MR) is 156 cm³/mol. The van der Waals surface area contributed by atoms with Gasteiger partial charge in [0.2, 0.25) is 5.91 Å². The van der Waals surface area contributed by atoms with Gasteiger partial charge in [0.1, 0.15) is 11.0 Å². The number of nitrogens with one attached hydrogen (secondary N) is 2. The third-order valence-electron chi connectivity index (χ3n) is 5.57. The van der Waals surface area contributed by atoms with Crippen LogP contribution < -0.4 is 15.4 Å².